The summed E-state index contributed by atoms with van der Waals surface area (Å²) in [6.07, 6.45) is 2.59. The van der Waals surface area contributed by atoms with Crippen molar-refractivity contribution < 1.29 is 5.11 Å². The average molecular weight is 326 g/mol. The van der Waals surface area contributed by atoms with Gasteiger partial charge in [-0.1, -0.05) is 0 Å². The largest absolute Gasteiger partial charge is 0.390 e. The maximum atomic E-state index is 10.1. The van der Waals surface area contributed by atoms with Crippen molar-refractivity contribution in [1.29, 1.82) is 5.41 Å². The Morgan fingerprint density at radius 2 is 2.16 bits per heavy atom. The highest BCUT2D eigenvalue weighted by molar-refractivity contribution is 9.10. The van der Waals surface area contributed by atoms with Gasteiger partial charge in [0.1, 0.15) is 5.84 Å². The van der Waals surface area contributed by atoms with Gasteiger partial charge >= 0.3 is 0 Å². The Hall–Kier alpha value is -1.07. The summed E-state index contributed by atoms with van der Waals surface area (Å²) in [5.74, 6) is 0.0750. The molecule has 0 radical (unpaired) electrons. The fourth-order valence-electron chi connectivity index (χ4n) is 2.44. The van der Waals surface area contributed by atoms with Crippen LogP contribution in [0.2, 0.25) is 0 Å². The highest BCUT2D eigenvalue weighted by atomic mass is 79.9. The summed E-state index contributed by atoms with van der Waals surface area (Å²) in [5, 5.41) is 17.6. The van der Waals surface area contributed by atoms with E-state index in [2.05, 4.69) is 20.8 Å². The van der Waals surface area contributed by atoms with E-state index in [0.29, 0.717) is 0 Å². The highest BCUT2D eigenvalue weighted by Crippen LogP contribution is 2.31. The minimum Gasteiger partial charge on any atom is -0.390 e. The Morgan fingerprint density at radius 3 is 2.79 bits per heavy atom. The molecule has 1 atom stereocenters. The normalized spacial score (nSPS) is 24.1. The van der Waals surface area contributed by atoms with Gasteiger partial charge in [0.15, 0.2) is 0 Å². The minimum absolute atomic E-state index is 0.0750. The van der Waals surface area contributed by atoms with Crippen molar-refractivity contribution in [1.82, 2.24) is 0 Å². The van der Waals surface area contributed by atoms with Crippen molar-refractivity contribution in [3.63, 3.8) is 0 Å². The molecule has 1 aliphatic rings. The lowest BCUT2D eigenvalue weighted by molar-refractivity contribution is 0.0481. The molecule has 1 aromatic carbocycles. The van der Waals surface area contributed by atoms with Crippen LogP contribution in [-0.2, 0) is 0 Å². The van der Waals surface area contributed by atoms with Crippen LogP contribution in [0.15, 0.2) is 22.7 Å². The first-order valence-electron chi connectivity index (χ1n) is 6.50. The number of nitrogens with zero attached hydrogens (tertiary/aromatic N) is 1. The molecule has 1 aromatic rings. The highest BCUT2D eigenvalue weighted by Gasteiger charge is 2.25. The number of hydrogen-bond donors (Lipinski definition) is 3. The predicted octanol–water partition coefficient (Wildman–Crippen LogP) is 2.47. The fourth-order valence-corrected chi connectivity index (χ4v) is 3.06. The molecule has 1 heterocycles. The standard InChI is InChI=1S/C14H20BrN3O/c1-14(19)5-2-7-18(8-6-14)12-4-3-10(13(16)17)9-11(12)15/h3-4,9,19H,2,5-8H2,1H3,(H3,16,17). The Balaban J connectivity index is 2.20. The number of nitrogens with one attached hydrogen (secondary N) is 1. The Morgan fingerprint density at radius 1 is 1.42 bits per heavy atom. The summed E-state index contributed by atoms with van der Waals surface area (Å²) in [4.78, 5) is 2.27. The van der Waals surface area contributed by atoms with Gasteiger partial charge in [-0.25, -0.2) is 0 Å². The molecule has 0 aromatic heterocycles. The zero-order chi connectivity index (χ0) is 14.0. The van der Waals surface area contributed by atoms with E-state index in [1.165, 1.54) is 0 Å². The third-order valence-electron chi connectivity index (χ3n) is 3.66. The molecule has 5 heteroatoms. The van der Waals surface area contributed by atoms with Crippen LogP contribution in [0.5, 0.6) is 0 Å². The monoisotopic (exact) mass is 325 g/mol. The number of aliphatic hydroxyl groups is 1. The molecule has 104 valence electrons. The van der Waals surface area contributed by atoms with Gasteiger partial charge < -0.3 is 15.7 Å². The van der Waals surface area contributed by atoms with E-state index >= 15 is 0 Å². The average Bonchev–Trinajstić information content (AvgIpc) is 2.50. The van der Waals surface area contributed by atoms with Gasteiger partial charge in [0.2, 0.25) is 0 Å². The Labute approximate surface area is 122 Å². The molecule has 1 fully saturated rings. The number of halogens is 1. The number of amidine groups is 1. The van der Waals surface area contributed by atoms with E-state index in [1.807, 2.05) is 25.1 Å². The van der Waals surface area contributed by atoms with E-state index in [1.54, 1.807) is 0 Å². The SMILES string of the molecule is CC1(O)CCCN(c2ccc(C(=N)N)cc2Br)CC1. The summed E-state index contributed by atoms with van der Waals surface area (Å²) >= 11 is 3.55. The molecule has 0 aliphatic carbocycles. The van der Waals surface area contributed by atoms with Crippen molar-refractivity contribution in [3.05, 3.63) is 28.2 Å². The molecular weight excluding hydrogens is 306 g/mol. The smallest absolute Gasteiger partial charge is 0.122 e. The zero-order valence-electron chi connectivity index (χ0n) is 11.1. The van der Waals surface area contributed by atoms with Crippen molar-refractivity contribution >= 4 is 27.5 Å². The van der Waals surface area contributed by atoms with Gasteiger partial charge in [-0.2, -0.15) is 0 Å². The molecular formula is C14H20BrN3O. The lowest BCUT2D eigenvalue weighted by Gasteiger charge is -2.25. The van der Waals surface area contributed by atoms with Crippen molar-refractivity contribution in [3.8, 4) is 0 Å². The molecule has 2 rings (SSSR count). The van der Waals surface area contributed by atoms with Crippen LogP contribution in [0, 0.1) is 5.41 Å². The van der Waals surface area contributed by atoms with E-state index in [0.717, 1.165) is 48.1 Å². The summed E-state index contributed by atoms with van der Waals surface area (Å²) in [6.45, 7) is 3.68. The second-order valence-electron chi connectivity index (χ2n) is 5.42. The molecule has 4 nitrogen and oxygen atoms in total. The quantitative estimate of drug-likeness (QED) is 0.577. The van der Waals surface area contributed by atoms with Crippen LogP contribution >= 0.6 is 15.9 Å². The maximum Gasteiger partial charge on any atom is 0.122 e. The molecule has 0 amide bonds. The number of nitrogens with two attached hydrogens (primary N) is 1. The van der Waals surface area contributed by atoms with Gasteiger partial charge in [0.25, 0.3) is 0 Å². The molecule has 0 bridgehead atoms. The summed E-state index contributed by atoms with van der Waals surface area (Å²) in [6, 6.07) is 5.73. The predicted molar refractivity (Wildman–Crippen MR) is 81.8 cm³/mol. The maximum absolute atomic E-state index is 10.1. The molecule has 0 saturated carbocycles. The van der Waals surface area contributed by atoms with Crippen LogP contribution in [0.4, 0.5) is 5.69 Å². The summed E-state index contributed by atoms with van der Waals surface area (Å²) in [7, 11) is 0. The van der Waals surface area contributed by atoms with Gasteiger partial charge in [-0.15, -0.1) is 0 Å². The van der Waals surface area contributed by atoms with Crippen LogP contribution in [0.25, 0.3) is 0 Å². The van der Waals surface area contributed by atoms with E-state index < -0.39 is 5.60 Å². The van der Waals surface area contributed by atoms with Crippen LogP contribution in [0.1, 0.15) is 31.7 Å². The van der Waals surface area contributed by atoms with E-state index in [-0.39, 0.29) is 5.84 Å². The van der Waals surface area contributed by atoms with Crippen molar-refractivity contribution in [2.45, 2.75) is 31.8 Å². The van der Waals surface area contributed by atoms with Gasteiger partial charge in [-0.3, -0.25) is 5.41 Å². The third kappa shape index (κ3) is 3.48. The van der Waals surface area contributed by atoms with Crippen molar-refractivity contribution in [2.75, 3.05) is 18.0 Å². The Bertz CT molecular complexity index is 488. The fraction of sp³-hybridized carbons (Fsp3) is 0.500. The number of benzene rings is 1. The first kappa shape index (κ1) is 14.3. The molecule has 0 spiro atoms. The molecule has 4 N–H and O–H groups in total. The van der Waals surface area contributed by atoms with E-state index in [9.17, 15) is 5.11 Å². The second kappa shape index (κ2) is 5.51. The first-order chi connectivity index (χ1) is 8.89. The summed E-state index contributed by atoms with van der Waals surface area (Å²) in [5.41, 5.74) is 6.75. The van der Waals surface area contributed by atoms with Crippen molar-refractivity contribution in [2.24, 2.45) is 5.73 Å². The van der Waals surface area contributed by atoms with Crippen LogP contribution in [0.3, 0.4) is 0 Å². The van der Waals surface area contributed by atoms with Gasteiger partial charge in [0.05, 0.1) is 11.3 Å². The van der Waals surface area contributed by atoms with Gasteiger partial charge in [-0.05, 0) is 60.3 Å². The molecule has 1 aliphatic heterocycles. The lowest BCUT2D eigenvalue weighted by atomic mass is 9.98. The zero-order valence-corrected chi connectivity index (χ0v) is 12.7. The topological polar surface area (TPSA) is 73.3 Å². The molecule has 1 saturated heterocycles. The molecule has 1 unspecified atom stereocenters. The van der Waals surface area contributed by atoms with E-state index in [4.69, 9.17) is 11.1 Å². The number of nitrogen functional groups attached to an aromatic ring is 1. The van der Waals surface area contributed by atoms with Gasteiger partial charge in [0, 0.05) is 23.1 Å². The second-order valence-corrected chi connectivity index (χ2v) is 6.27. The minimum atomic E-state index is -0.555. The van der Waals surface area contributed by atoms with Crippen LogP contribution < -0.4 is 10.6 Å². The number of hydrogen-bond acceptors (Lipinski definition) is 3. The first-order valence-corrected chi connectivity index (χ1v) is 7.30. The third-order valence-corrected chi connectivity index (χ3v) is 4.30. The summed E-state index contributed by atoms with van der Waals surface area (Å²) < 4.78 is 0.946. The number of anilines is 1. The number of rotatable bonds is 2. The molecule has 19 heavy (non-hydrogen) atoms. The lowest BCUT2D eigenvalue weighted by Crippen LogP contribution is -2.28. The Kier molecular flexibility index (Phi) is 4.16. The van der Waals surface area contributed by atoms with Crippen LogP contribution in [-0.4, -0.2) is 29.6 Å².